The third-order valence-electron chi connectivity index (χ3n) is 6.00. The molecule has 0 saturated heterocycles. The summed E-state index contributed by atoms with van der Waals surface area (Å²) < 4.78 is 17.4. The van der Waals surface area contributed by atoms with E-state index in [9.17, 15) is 9.59 Å². The fraction of sp³-hybridized carbons (Fsp3) is 0.333. The van der Waals surface area contributed by atoms with Crippen molar-refractivity contribution in [2.75, 3.05) is 13.7 Å². The number of benzene rings is 2. The molecule has 30 heavy (non-hydrogen) atoms. The molecule has 4 rings (SSSR count). The zero-order chi connectivity index (χ0) is 21.3. The first kappa shape index (κ1) is 20.7. The van der Waals surface area contributed by atoms with Crippen molar-refractivity contribution in [3.8, 4) is 0 Å². The van der Waals surface area contributed by atoms with Crippen molar-refractivity contribution in [2.45, 2.75) is 30.8 Å². The summed E-state index contributed by atoms with van der Waals surface area (Å²) in [4.78, 5) is 25.4. The van der Waals surface area contributed by atoms with E-state index in [1.54, 1.807) is 13.0 Å². The number of methoxy groups -OCH3 is 1. The molecule has 0 amide bonds. The van der Waals surface area contributed by atoms with Gasteiger partial charge >= 0.3 is 11.9 Å². The maximum absolute atomic E-state index is 13.0. The van der Waals surface area contributed by atoms with E-state index in [-0.39, 0.29) is 30.1 Å². The number of esters is 2. The molecular formula is C24H23BrO5. The molecular weight excluding hydrogens is 448 g/mol. The number of carbonyl (C=O) groups is 2. The molecule has 4 atom stereocenters. The van der Waals surface area contributed by atoms with Crippen molar-refractivity contribution >= 4 is 27.9 Å². The molecule has 1 unspecified atom stereocenters. The summed E-state index contributed by atoms with van der Waals surface area (Å²) in [6.45, 7) is 1.97. The Morgan fingerprint density at radius 3 is 2.50 bits per heavy atom. The number of hydrogen-bond donors (Lipinski definition) is 0. The molecule has 0 spiro atoms. The lowest BCUT2D eigenvalue weighted by molar-refractivity contribution is -0.167. The maximum Gasteiger partial charge on any atom is 0.373 e. The SMILES string of the molecule is CCOC(=O)C1=CC2[C@H](c3ccccc3)[C@@H](c3ccccc3Br)C[C@@]2(C(=O)OC)O1. The van der Waals surface area contributed by atoms with Gasteiger partial charge in [0.15, 0.2) is 0 Å². The first-order valence-corrected chi connectivity index (χ1v) is 10.8. The standard InChI is InChI=1S/C24H23BrO5/c1-3-29-22(26)20-13-18-21(15-9-5-4-6-10-15)17(16-11-7-8-12-19(16)25)14-24(18,30-20)23(27)28-2/h4-13,17-18,21H,3,14H2,1-2H3/t17-,18?,21-,24-/m1/s1. The maximum atomic E-state index is 13.0. The Kier molecular flexibility index (Phi) is 5.69. The molecule has 156 valence electrons. The van der Waals surface area contributed by atoms with Gasteiger partial charge in [0.1, 0.15) is 0 Å². The number of fused-ring (bicyclic) bond motifs is 1. The third kappa shape index (κ3) is 3.33. The first-order valence-electron chi connectivity index (χ1n) is 9.97. The third-order valence-corrected chi connectivity index (χ3v) is 6.72. The van der Waals surface area contributed by atoms with Gasteiger partial charge in [-0.1, -0.05) is 64.5 Å². The lowest BCUT2D eigenvalue weighted by Gasteiger charge is -2.27. The van der Waals surface area contributed by atoms with Crippen LogP contribution >= 0.6 is 15.9 Å². The van der Waals surface area contributed by atoms with Gasteiger partial charge in [-0.15, -0.1) is 0 Å². The van der Waals surface area contributed by atoms with Gasteiger partial charge in [-0.05, 0) is 36.1 Å². The van der Waals surface area contributed by atoms with Crippen LogP contribution in [-0.4, -0.2) is 31.3 Å². The van der Waals surface area contributed by atoms with Gasteiger partial charge in [0.05, 0.1) is 13.7 Å². The summed E-state index contributed by atoms with van der Waals surface area (Å²) in [5, 5.41) is 0. The van der Waals surface area contributed by atoms with E-state index in [0.29, 0.717) is 6.42 Å². The molecule has 6 heteroatoms. The predicted octanol–water partition coefficient (Wildman–Crippen LogP) is 4.73. The Labute approximate surface area is 184 Å². The Hall–Kier alpha value is -2.60. The van der Waals surface area contributed by atoms with E-state index in [4.69, 9.17) is 14.2 Å². The Morgan fingerprint density at radius 1 is 1.13 bits per heavy atom. The van der Waals surface area contributed by atoms with Crippen LogP contribution in [0.4, 0.5) is 0 Å². The van der Waals surface area contributed by atoms with Gasteiger partial charge in [-0.25, -0.2) is 9.59 Å². The van der Waals surface area contributed by atoms with E-state index in [0.717, 1.165) is 15.6 Å². The second-order valence-electron chi connectivity index (χ2n) is 7.53. The molecule has 1 fully saturated rings. The highest BCUT2D eigenvalue weighted by Crippen LogP contribution is 2.60. The summed E-state index contributed by atoms with van der Waals surface area (Å²) >= 11 is 3.67. The van der Waals surface area contributed by atoms with Crippen molar-refractivity contribution in [3.05, 3.63) is 82.0 Å². The van der Waals surface area contributed by atoms with Gasteiger partial charge < -0.3 is 14.2 Å². The minimum Gasteiger partial charge on any atom is -0.468 e. The van der Waals surface area contributed by atoms with Crippen LogP contribution in [0.5, 0.6) is 0 Å². The quantitative estimate of drug-likeness (QED) is 0.591. The van der Waals surface area contributed by atoms with Gasteiger partial charge in [0, 0.05) is 22.7 Å². The highest BCUT2D eigenvalue weighted by atomic mass is 79.9. The predicted molar refractivity (Wildman–Crippen MR) is 115 cm³/mol. The van der Waals surface area contributed by atoms with Gasteiger partial charge in [0.2, 0.25) is 11.4 Å². The van der Waals surface area contributed by atoms with E-state index in [1.165, 1.54) is 7.11 Å². The summed E-state index contributed by atoms with van der Waals surface area (Å²) in [7, 11) is 1.35. The zero-order valence-electron chi connectivity index (χ0n) is 16.8. The smallest absolute Gasteiger partial charge is 0.373 e. The Bertz CT molecular complexity index is 986. The molecule has 5 nitrogen and oxygen atoms in total. The van der Waals surface area contributed by atoms with Crippen LogP contribution in [0.1, 0.15) is 36.3 Å². The molecule has 1 aliphatic heterocycles. The molecule has 1 saturated carbocycles. The fourth-order valence-electron chi connectivity index (χ4n) is 4.81. The molecule has 1 heterocycles. The molecule has 1 aliphatic carbocycles. The van der Waals surface area contributed by atoms with Gasteiger partial charge in [0.25, 0.3) is 0 Å². The monoisotopic (exact) mass is 470 g/mol. The summed E-state index contributed by atoms with van der Waals surface area (Å²) in [6.07, 6.45) is 2.15. The van der Waals surface area contributed by atoms with Gasteiger partial charge in [-0.2, -0.15) is 0 Å². The number of ether oxygens (including phenoxy) is 3. The molecule has 2 aliphatic rings. The van der Waals surface area contributed by atoms with Crippen molar-refractivity contribution in [1.29, 1.82) is 0 Å². The number of hydrogen-bond acceptors (Lipinski definition) is 5. The van der Waals surface area contributed by atoms with Crippen LogP contribution in [-0.2, 0) is 23.8 Å². The van der Waals surface area contributed by atoms with E-state index >= 15 is 0 Å². The van der Waals surface area contributed by atoms with Crippen molar-refractivity contribution in [2.24, 2.45) is 5.92 Å². The normalized spacial score (nSPS) is 27.0. The molecule has 0 N–H and O–H groups in total. The van der Waals surface area contributed by atoms with E-state index < -0.39 is 17.5 Å². The van der Waals surface area contributed by atoms with Crippen LogP contribution in [0.3, 0.4) is 0 Å². The van der Waals surface area contributed by atoms with Gasteiger partial charge in [-0.3, -0.25) is 0 Å². The number of carbonyl (C=O) groups excluding carboxylic acids is 2. The van der Waals surface area contributed by atoms with Crippen molar-refractivity contribution in [1.82, 2.24) is 0 Å². The second-order valence-corrected chi connectivity index (χ2v) is 8.38. The summed E-state index contributed by atoms with van der Waals surface area (Å²) in [5.41, 5.74) is 0.912. The van der Waals surface area contributed by atoms with Crippen molar-refractivity contribution < 1.29 is 23.8 Å². The average Bonchev–Trinajstić information content (AvgIpc) is 3.28. The number of halogens is 1. The lowest BCUT2D eigenvalue weighted by Crippen LogP contribution is -2.43. The minimum atomic E-state index is -1.27. The van der Waals surface area contributed by atoms with Crippen LogP contribution in [0.2, 0.25) is 0 Å². The first-order chi connectivity index (χ1) is 14.5. The second kappa shape index (κ2) is 8.26. The minimum absolute atomic E-state index is 0.00734. The van der Waals surface area contributed by atoms with E-state index in [1.807, 2.05) is 36.4 Å². The number of rotatable bonds is 5. The Morgan fingerprint density at radius 2 is 1.83 bits per heavy atom. The molecule has 0 aromatic heterocycles. The van der Waals surface area contributed by atoms with E-state index in [2.05, 4.69) is 34.1 Å². The lowest BCUT2D eigenvalue weighted by atomic mass is 9.78. The van der Waals surface area contributed by atoms with Crippen LogP contribution in [0, 0.1) is 5.92 Å². The van der Waals surface area contributed by atoms with Crippen molar-refractivity contribution in [3.63, 3.8) is 0 Å². The van der Waals surface area contributed by atoms with Crippen LogP contribution < -0.4 is 0 Å². The molecule has 0 bridgehead atoms. The fourth-order valence-corrected chi connectivity index (χ4v) is 5.39. The summed E-state index contributed by atoms with van der Waals surface area (Å²) in [6, 6.07) is 18.0. The highest BCUT2D eigenvalue weighted by molar-refractivity contribution is 9.10. The molecule has 0 radical (unpaired) electrons. The largest absolute Gasteiger partial charge is 0.468 e. The summed E-state index contributed by atoms with van der Waals surface area (Å²) in [5.74, 6) is -1.39. The molecule has 2 aromatic rings. The Balaban J connectivity index is 1.86. The topological polar surface area (TPSA) is 61.8 Å². The zero-order valence-corrected chi connectivity index (χ0v) is 18.4. The highest BCUT2D eigenvalue weighted by Gasteiger charge is 2.64. The van der Waals surface area contributed by atoms with Crippen LogP contribution in [0.15, 0.2) is 70.9 Å². The molecule has 2 aromatic carbocycles. The van der Waals surface area contributed by atoms with Crippen LogP contribution in [0.25, 0.3) is 0 Å². The average molecular weight is 471 g/mol.